The highest BCUT2D eigenvalue weighted by atomic mass is 16.5. The van der Waals surface area contributed by atoms with Gasteiger partial charge in [-0.05, 0) is 63.5 Å². The number of methoxy groups -OCH3 is 1. The number of hydrogen-bond donors (Lipinski definition) is 2. The lowest BCUT2D eigenvalue weighted by Crippen LogP contribution is -2.36. The Labute approximate surface area is 170 Å². The number of nitrogens with zero attached hydrogens (tertiary/aromatic N) is 1. The highest BCUT2D eigenvalue weighted by molar-refractivity contribution is 5.43. The fourth-order valence-electron chi connectivity index (χ4n) is 3.47. The fraction of sp³-hybridized carbons (Fsp3) is 0.727. The Morgan fingerprint density at radius 1 is 1.14 bits per heavy atom. The highest BCUT2D eigenvalue weighted by Gasteiger charge is 2.15. The van der Waals surface area contributed by atoms with E-state index in [9.17, 15) is 5.11 Å². The average molecular weight is 395 g/mol. The maximum Gasteiger partial charge on any atom is 0.161 e. The van der Waals surface area contributed by atoms with E-state index >= 15 is 0 Å². The monoisotopic (exact) mass is 394 g/mol. The van der Waals surface area contributed by atoms with E-state index in [2.05, 4.69) is 10.2 Å². The third-order valence-corrected chi connectivity index (χ3v) is 5.00. The summed E-state index contributed by atoms with van der Waals surface area (Å²) >= 11 is 0. The molecular weight excluding hydrogens is 356 g/mol. The second-order valence-corrected chi connectivity index (χ2v) is 7.39. The third kappa shape index (κ3) is 8.78. The van der Waals surface area contributed by atoms with Gasteiger partial charge in [-0.25, -0.2) is 0 Å². The molecule has 1 aromatic rings. The number of likely N-dealkylation sites (tertiary alicyclic amines) is 1. The number of β-amino-alcohol motifs (C(OH)–C–C–N with tert-alkyl or cyclic N) is 1. The molecule has 0 aliphatic carbocycles. The van der Waals surface area contributed by atoms with Gasteiger partial charge in [0, 0.05) is 26.3 Å². The zero-order valence-corrected chi connectivity index (χ0v) is 17.6. The fourth-order valence-corrected chi connectivity index (χ4v) is 3.47. The molecular formula is C22H38N2O4. The van der Waals surface area contributed by atoms with Crippen LogP contribution < -0.4 is 14.8 Å². The summed E-state index contributed by atoms with van der Waals surface area (Å²) in [5, 5.41) is 13.8. The second kappa shape index (κ2) is 13.8. The van der Waals surface area contributed by atoms with Crippen molar-refractivity contribution in [1.29, 1.82) is 0 Å². The van der Waals surface area contributed by atoms with Gasteiger partial charge in [0.25, 0.3) is 0 Å². The van der Waals surface area contributed by atoms with Gasteiger partial charge in [-0.3, -0.25) is 0 Å². The van der Waals surface area contributed by atoms with Crippen molar-refractivity contribution in [3.63, 3.8) is 0 Å². The highest BCUT2D eigenvalue weighted by Crippen LogP contribution is 2.28. The Morgan fingerprint density at radius 3 is 2.64 bits per heavy atom. The van der Waals surface area contributed by atoms with Gasteiger partial charge >= 0.3 is 0 Å². The Balaban J connectivity index is 1.74. The zero-order valence-electron chi connectivity index (χ0n) is 17.6. The van der Waals surface area contributed by atoms with Crippen LogP contribution in [-0.4, -0.2) is 69.2 Å². The molecule has 1 saturated heterocycles. The van der Waals surface area contributed by atoms with Gasteiger partial charge in [-0.15, -0.1) is 0 Å². The van der Waals surface area contributed by atoms with Crippen LogP contribution in [0, 0.1) is 0 Å². The van der Waals surface area contributed by atoms with Crippen molar-refractivity contribution >= 4 is 0 Å². The summed E-state index contributed by atoms with van der Waals surface area (Å²) in [7, 11) is 1.65. The number of nitrogens with one attached hydrogen (secondary N) is 1. The van der Waals surface area contributed by atoms with Gasteiger partial charge in [0.1, 0.15) is 12.7 Å². The van der Waals surface area contributed by atoms with Crippen molar-refractivity contribution in [3.8, 4) is 11.5 Å². The standard InChI is InChI=1S/C22H38N2O4/c1-3-27-14-8-11-23-16-19-9-10-21(22(15-19)26-2)28-18-20(25)17-24-12-6-4-5-7-13-24/h9-10,15,20,23,25H,3-8,11-14,16-18H2,1-2H3. The molecule has 2 N–H and O–H groups in total. The summed E-state index contributed by atoms with van der Waals surface area (Å²) in [6.45, 7) is 8.37. The van der Waals surface area contributed by atoms with Crippen molar-refractivity contribution in [2.24, 2.45) is 0 Å². The molecule has 0 bridgehead atoms. The first kappa shape index (κ1) is 22.9. The molecule has 6 heteroatoms. The predicted octanol–water partition coefficient (Wildman–Crippen LogP) is 2.83. The van der Waals surface area contributed by atoms with E-state index in [0.29, 0.717) is 18.0 Å². The molecule has 0 saturated carbocycles. The van der Waals surface area contributed by atoms with Crippen LogP contribution in [0.2, 0.25) is 0 Å². The molecule has 0 radical (unpaired) electrons. The molecule has 1 unspecified atom stereocenters. The molecule has 1 fully saturated rings. The first-order chi connectivity index (χ1) is 13.7. The van der Waals surface area contributed by atoms with E-state index in [4.69, 9.17) is 14.2 Å². The Kier molecular flexibility index (Phi) is 11.3. The maximum absolute atomic E-state index is 10.3. The molecule has 1 heterocycles. The number of ether oxygens (including phenoxy) is 3. The van der Waals surface area contributed by atoms with Crippen LogP contribution in [0.5, 0.6) is 11.5 Å². The largest absolute Gasteiger partial charge is 0.493 e. The minimum Gasteiger partial charge on any atom is -0.493 e. The molecule has 0 spiro atoms. The van der Waals surface area contributed by atoms with Crippen LogP contribution in [0.15, 0.2) is 18.2 Å². The summed E-state index contributed by atoms with van der Waals surface area (Å²) in [5.41, 5.74) is 1.14. The zero-order chi connectivity index (χ0) is 20.0. The molecule has 0 aromatic heterocycles. The third-order valence-electron chi connectivity index (χ3n) is 5.00. The van der Waals surface area contributed by atoms with Crippen LogP contribution in [-0.2, 0) is 11.3 Å². The Morgan fingerprint density at radius 2 is 1.93 bits per heavy atom. The van der Waals surface area contributed by atoms with Crippen LogP contribution in [0.3, 0.4) is 0 Å². The maximum atomic E-state index is 10.3. The Hall–Kier alpha value is -1.34. The number of rotatable bonds is 13. The predicted molar refractivity (Wildman–Crippen MR) is 112 cm³/mol. The van der Waals surface area contributed by atoms with Crippen molar-refractivity contribution in [2.45, 2.75) is 51.7 Å². The van der Waals surface area contributed by atoms with Crippen LogP contribution in [0.1, 0.15) is 44.6 Å². The summed E-state index contributed by atoms with van der Waals surface area (Å²) in [4.78, 5) is 2.35. The van der Waals surface area contributed by atoms with Crippen molar-refractivity contribution in [2.75, 3.05) is 53.1 Å². The molecule has 28 heavy (non-hydrogen) atoms. The van der Waals surface area contributed by atoms with Gasteiger partial charge in [0.15, 0.2) is 11.5 Å². The van der Waals surface area contributed by atoms with Gasteiger partial charge < -0.3 is 29.5 Å². The number of aliphatic hydroxyl groups excluding tert-OH is 1. The summed E-state index contributed by atoms with van der Waals surface area (Å²) in [6.07, 6.45) is 5.56. The number of hydrogen-bond acceptors (Lipinski definition) is 6. The van der Waals surface area contributed by atoms with E-state index in [1.54, 1.807) is 7.11 Å². The van der Waals surface area contributed by atoms with E-state index in [-0.39, 0.29) is 6.61 Å². The van der Waals surface area contributed by atoms with Crippen molar-refractivity contribution in [1.82, 2.24) is 10.2 Å². The smallest absolute Gasteiger partial charge is 0.161 e. The molecule has 160 valence electrons. The summed E-state index contributed by atoms with van der Waals surface area (Å²) < 4.78 is 16.7. The quantitative estimate of drug-likeness (QED) is 0.502. The lowest BCUT2D eigenvalue weighted by atomic mass is 10.2. The molecule has 1 aromatic carbocycles. The topological polar surface area (TPSA) is 63.2 Å². The first-order valence-corrected chi connectivity index (χ1v) is 10.7. The second-order valence-electron chi connectivity index (χ2n) is 7.39. The lowest BCUT2D eigenvalue weighted by molar-refractivity contribution is 0.0683. The van der Waals surface area contributed by atoms with Crippen molar-refractivity contribution in [3.05, 3.63) is 23.8 Å². The summed E-state index contributed by atoms with van der Waals surface area (Å²) in [6, 6.07) is 5.95. The molecule has 1 aliphatic rings. The lowest BCUT2D eigenvalue weighted by Gasteiger charge is -2.23. The minimum atomic E-state index is -0.491. The van der Waals surface area contributed by atoms with Gasteiger partial charge in [0.05, 0.1) is 7.11 Å². The van der Waals surface area contributed by atoms with Gasteiger partial charge in [-0.2, -0.15) is 0 Å². The SMILES string of the molecule is CCOCCCNCc1ccc(OCC(O)CN2CCCCCC2)c(OC)c1. The van der Waals surface area contributed by atoms with Crippen molar-refractivity contribution < 1.29 is 19.3 Å². The molecule has 1 atom stereocenters. The first-order valence-electron chi connectivity index (χ1n) is 10.7. The van der Waals surface area contributed by atoms with Gasteiger partial charge in [-0.1, -0.05) is 18.9 Å². The normalized spacial score (nSPS) is 16.5. The molecule has 1 aliphatic heterocycles. The van der Waals surface area contributed by atoms with Crippen LogP contribution in [0.25, 0.3) is 0 Å². The van der Waals surface area contributed by atoms with E-state index in [1.807, 2.05) is 25.1 Å². The van der Waals surface area contributed by atoms with Crippen LogP contribution in [0.4, 0.5) is 0 Å². The number of aliphatic hydroxyl groups is 1. The number of benzene rings is 1. The molecule has 6 nitrogen and oxygen atoms in total. The van der Waals surface area contributed by atoms with E-state index in [1.165, 1.54) is 25.7 Å². The summed E-state index contributed by atoms with van der Waals surface area (Å²) in [5.74, 6) is 1.38. The van der Waals surface area contributed by atoms with Crippen LogP contribution >= 0.6 is 0 Å². The van der Waals surface area contributed by atoms with Gasteiger partial charge in [0.2, 0.25) is 0 Å². The average Bonchev–Trinajstić information content (AvgIpc) is 2.98. The molecule has 0 amide bonds. The minimum absolute atomic E-state index is 0.280. The molecule has 2 rings (SSSR count). The van der Waals surface area contributed by atoms with E-state index < -0.39 is 6.10 Å². The van der Waals surface area contributed by atoms with E-state index in [0.717, 1.165) is 51.4 Å². The Bertz CT molecular complexity index is 533.